The number of nitrogens with one attached hydrogen (secondary N) is 1. The number of ether oxygens (including phenoxy) is 1. The van der Waals surface area contributed by atoms with Gasteiger partial charge in [0.1, 0.15) is 0 Å². The van der Waals surface area contributed by atoms with Gasteiger partial charge in [0, 0.05) is 13.2 Å². The van der Waals surface area contributed by atoms with Gasteiger partial charge in [-0.25, -0.2) is 0 Å². The molecule has 1 aliphatic rings. The molecule has 1 fully saturated rings. The van der Waals surface area contributed by atoms with E-state index in [9.17, 15) is 0 Å². The molecule has 0 aromatic heterocycles. The zero-order valence-electron chi connectivity index (χ0n) is 9.94. The van der Waals surface area contributed by atoms with Crippen molar-refractivity contribution in [1.29, 1.82) is 0 Å². The molecular weight excluding hydrogens is 174 g/mol. The molecule has 0 aromatic carbocycles. The predicted molar refractivity (Wildman–Crippen MR) is 60.6 cm³/mol. The van der Waals surface area contributed by atoms with E-state index in [-0.39, 0.29) is 5.60 Å². The van der Waals surface area contributed by atoms with Crippen molar-refractivity contribution in [2.24, 2.45) is 0 Å². The molecule has 0 aromatic rings. The van der Waals surface area contributed by atoms with Crippen LogP contribution in [0.15, 0.2) is 0 Å². The second-order valence-corrected chi connectivity index (χ2v) is 4.46. The van der Waals surface area contributed by atoms with Crippen LogP contribution in [0.5, 0.6) is 0 Å². The van der Waals surface area contributed by atoms with Crippen LogP contribution >= 0.6 is 0 Å². The third kappa shape index (κ3) is 2.71. The van der Waals surface area contributed by atoms with Crippen molar-refractivity contribution >= 4 is 0 Å². The fourth-order valence-corrected chi connectivity index (χ4v) is 2.63. The topological polar surface area (TPSA) is 21.3 Å². The first-order valence-electron chi connectivity index (χ1n) is 6.03. The summed E-state index contributed by atoms with van der Waals surface area (Å²) in [7, 11) is 1.87. The average Bonchev–Trinajstić information content (AvgIpc) is 2.44. The lowest BCUT2D eigenvalue weighted by Crippen LogP contribution is -2.50. The van der Waals surface area contributed by atoms with Crippen LogP contribution in [-0.4, -0.2) is 25.3 Å². The van der Waals surface area contributed by atoms with Gasteiger partial charge in [0.05, 0.1) is 5.60 Å². The standard InChI is InChI=1S/C12H25NO/c1-4-13-11(2)12(14-3)9-7-5-6-8-10-12/h11,13H,4-10H2,1-3H3. The average molecular weight is 199 g/mol. The predicted octanol–water partition coefficient (Wildman–Crippen LogP) is 2.72. The van der Waals surface area contributed by atoms with Gasteiger partial charge in [0.2, 0.25) is 0 Å². The molecule has 2 nitrogen and oxygen atoms in total. The van der Waals surface area contributed by atoms with Crippen molar-refractivity contribution in [3.63, 3.8) is 0 Å². The first kappa shape index (κ1) is 12.0. The second-order valence-electron chi connectivity index (χ2n) is 4.46. The smallest absolute Gasteiger partial charge is 0.0828 e. The first-order chi connectivity index (χ1) is 6.75. The van der Waals surface area contributed by atoms with Crippen molar-refractivity contribution in [3.05, 3.63) is 0 Å². The van der Waals surface area contributed by atoms with Crippen LogP contribution in [0.4, 0.5) is 0 Å². The fraction of sp³-hybridized carbons (Fsp3) is 1.00. The molecule has 1 atom stereocenters. The van der Waals surface area contributed by atoms with E-state index in [0.717, 1.165) is 6.54 Å². The van der Waals surface area contributed by atoms with Gasteiger partial charge in [0.25, 0.3) is 0 Å². The lowest BCUT2D eigenvalue weighted by atomic mass is 9.87. The number of methoxy groups -OCH3 is 1. The lowest BCUT2D eigenvalue weighted by Gasteiger charge is -2.37. The minimum atomic E-state index is 0.104. The summed E-state index contributed by atoms with van der Waals surface area (Å²) < 4.78 is 5.81. The van der Waals surface area contributed by atoms with E-state index in [1.165, 1.54) is 38.5 Å². The van der Waals surface area contributed by atoms with Gasteiger partial charge < -0.3 is 10.1 Å². The fourth-order valence-electron chi connectivity index (χ4n) is 2.63. The zero-order valence-corrected chi connectivity index (χ0v) is 9.94. The molecule has 1 aliphatic carbocycles. The van der Waals surface area contributed by atoms with E-state index < -0.39 is 0 Å². The molecule has 0 heterocycles. The summed E-state index contributed by atoms with van der Waals surface area (Å²) in [5, 5.41) is 3.51. The monoisotopic (exact) mass is 199 g/mol. The Labute approximate surface area is 88.4 Å². The molecule has 0 spiro atoms. The Morgan fingerprint density at radius 1 is 1.21 bits per heavy atom. The van der Waals surface area contributed by atoms with E-state index in [1.54, 1.807) is 0 Å². The summed E-state index contributed by atoms with van der Waals surface area (Å²) in [6.45, 7) is 5.46. The highest BCUT2D eigenvalue weighted by Crippen LogP contribution is 2.32. The van der Waals surface area contributed by atoms with E-state index in [4.69, 9.17) is 4.74 Å². The van der Waals surface area contributed by atoms with Crippen LogP contribution in [0.2, 0.25) is 0 Å². The van der Waals surface area contributed by atoms with Gasteiger partial charge in [-0.15, -0.1) is 0 Å². The van der Waals surface area contributed by atoms with Gasteiger partial charge in [-0.1, -0.05) is 32.6 Å². The van der Waals surface area contributed by atoms with Gasteiger partial charge in [0.15, 0.2) is 0 Å². The maximum atomic E-state index is 5.81. The normalized spacial score (nSPS) is 24.2. The second kappa shape index (κ2) is 5.72. The van der Waals surface area contributed by atoms with Gasteiger partial charge in [-0.3, -0.25) is 0 Å². The van der Waals surface area contributed by atoms with Crippen molar-refractivity contribution in [2.75, 3.05) is 13.7 Å². The maximum absolute atomic E-state index is 5.81. The summed E-state index contributed by atoms with van der Waals surface area (Å²) in [4.78, 5) is 0. The molecule has 2 heteroatoms. The summed E-state index contributed by atoms with van der Waals surface area (Å²) in [5.41, 5.74) is 0.104. The highest BCUT2D eigenvalue weighted by Gasteiger charge is 2.35. The molecule has 0 aliphatic heterocycles. The molecule has 1 rings (SSSR count). The van der Waals surface area contributed by atoms with Gasteiger partial charge in [-0.05, 0) is 26.3 Å². The largest absolute Gasteiger partial charge is 0.377 e. The molecule has 0 radical (unpaired) electrons. The molecule has 1 saturated carbocycles. The van der Waals surface area contributed by atoms with Crippen LogP contribution in [0.25, 0.3) is 0 Å². The highest BCUT2D eigenvalue weighted by atomic mass is 16.5. The van der Waals surface area contributed by atoms with Crippen LogP contribution in [-0.2, 0) is 4.74 Å². The number of rotatable bonds is 4. The molecule has 1 unspecified atom stereocenters. The first-order valence-corrected chi connectivity index (χ1v) is 6.03. The molecule has 84 valence electrons. The molecular formula is C12H25NO. The SMILES string of the molecule is CCNC(C)C1(OC)CCCCCC1. The Bertz CT molecular complexity index is 150. The van der Waals surface area contributed by atoms with Crippen molar-refractivity contribution < 1.29 is 4.74 Å². The summed E-state index contributed by atoms with van der Waals surface area (Å²) in [5.74, 6) is 0. The van der Waals surface area contributed by atoms with Crippen molar-refractivity contribution in [1.82, 2.24) is 5.32 Å². The number of likely N-dealkylation sites (N-methyl/N-ethyl adjacent to an activating group) is 1. The van der Waals surface area contributed by atoms with Crippen LogP contribution in [0.3, 0.4) is 0 Å². The number of hydrogen-bond donors (Lipinski definition) is 1. The summed E-state index contributed by atoms with van der Waals surface area (Å²) in [6.07, 6.45) is 7.84. The minimum absolute atomic E-state index is 0.104. The van der Waals surface area contributed by atoms with Crippen molar-refractivity contribution in [3.8, 4) is 0 Å². The third-order valence-corrected chi connectivity index (χ3v) is 3.66. The minimum Gasteiger partial charge on any atom is -0.377 e. The van der Waals surface area contributed by atoms with E-state index in [2.05, 4.69) is 19.2 Å². The summed E-state index contributed by atoms with van der Waals surface area (Å²) >= 11 is 0. The molecule has 1 N–H and O–H groups in total. The van der Waals surface area contributed by atoms with E-state index in [1.807, 2.05) is 7.11 Å². The van der Waals surface area contributed by atoms with E-state index >= 15 is 0 Å². The number of hydrogen-bond acceptors (Lipinski definition) is 2. The van der Waals surface area contributed by atoms with Gasteiger partial charge in [-0.2, -0.15) is 0 Å². The maximum Gasteiger partial charge on any atom is 0.0828 e. The third-order valence-electron chi connectivity index (χ3n) is 3.66. The lowest BCUT2D eigenvalue weighted by molar-refractivity contribution is -0.0476. The molecule has 0 saturated heterocycles. The molecule has 0 amide bonds. The Hall–Kier alpha value is -0.0800. The van der Waals surface area contributed by atoms with Crippen LogP contribution in [0, 0.1) is 0 Å². The molecule has 0 bridgehead atoms. The Morgan fingerprint density at radius 2 is 1.79 bits per heavy atom. The summed E-state index contributed by atoms with van der Waals surface area (Å²) in [6, 6.07) is 0.482. The quantitative estimate of drug-likeness (QED) is 0.703. The highest BCUT2D eigenvalue weighted by molar-refractivity contribution is 4.91. The van der Waals surface area contributed by atoms with Crippen molar-refractivity contribution in [2.45, 2.75) is 64.0 Å². The van der Waals surface area contributed by atoms with Crippen LogP contribution < -0.4 is 5.32 Å². The molecule has 14 heavy (non-hydrogen) atoms. The Balaban J connectivity index is 2.61. The Morgan fingerprint density at radius 3 is 2.21 bits per heavy atom. The van der Waals surface area contributed by atoms with Gasteiger partial charge >= 0.3 is 0 Å². The Kier molecular flexibility index (Phi) is 4.90. The zero-order chi connectivity index (χ0) is 10.4. The van der Waals surface area contributed by atoms with Crippen LogP contribution in [0.1, 0.15) is 52.4 Å². The van der Waals surface area contributed by atoms with E-state index in [0.29, 0.717) is 6.04 Å².